The summed E-state index contributed by atoms with van der Waals surface area (Å²) >= 11 is 0. The minimum atomic E-state index is 0.0160. The molecule has 0 bridgehead atoms. The van der Waals surface area contributed by atoms with E-state index in [2.05, 4.69) is 92.9 Å². The zero-order valence-corrected chi connectivity index (χ0v) is 21.6. The lowest BCUT2D eigenvalue weighted by Crippen LogP contribution is -2.57. The monoisotopic (exact) mass is 410 g/mol. The summed E-state index contributed by atoms with van der Waals surface area (Å²) in [4.78, 5) is 5.09. The van der Waals surface area contributed by atoms with Crippen molar-refractivity contribution in [2.45, 2.75) is 111 Å². The summed E-state index contributed by atoms with van der Waals surface area (Å²) in [6.45, 7) is 32.3. The lowest BCUT2D eigenvalue weighted by Gasteiger charge is -2.48. The molecule has 2 saturated heterocycles. The lowest BCUT2D eigenvalue weighted by atomic mass is 9.93. The first-order chi connectivity index (χ1) is 12.9. The van der Waals surface area contributed by atoms with Gasteiger partial charge in [-0.3, -0.25) is 9.80 Å². The van der Waals surface area contributed by atoms with Crippen molar-refractivity contribution in [3.8, 4) is 0 Å². The lowest BCUT2D eigenvalue weighted by molar-refractivity contribution is -0.0758. The maximum atomic E-state index is 6.05. The number of piperidine rings is 1. The van der Waals surface area contributed by atoms with E-state index in [0.717, 1.165) is 24.4 Å². The van der Waals surface area contributed by atoms with E-state index in [1.54, 1.807) is 0 Å². The molecule has 2 atom stereocenters. The maximum absolute atomic E-state index is 6.05. The molecule has 0 aromatic carbocycles. The number of likely N-dealkylation sites (tertiary alicyclic amines) is 2. The highest BCUT2D eigenvalue weighted by Crippen LogP contribution is 2.50. The minimum absolute atomic E-state index is 0.0160. The summed E-state index contributed by atoms with van der Waals surface area (Å²) in [7, 11) is 0. The Labute approximate surface area is 181 Å². The molecular weight excluding hydrogens is 360 g/mol. The standard InChI is InChI=1S/C13H25NO.C12H25NO/c1-12(2,3)14-7-9-10(8-14)11(9)15-13(4,5)6;1-11(2,3)13-7-10(8-13)9-14-12(4,5)6/h9-11H,7-8H2,1-6H3;10H,7-9H2,1-6H3. The SMILES string of the molecule is CC(C)(C)OC1C2CN(C(C)(C)C)CC21.CC(C)(C)OCC1CN(C(C)(C)C)C1. The van der Waals surface area contributed by atoms with Crippen LogP contribution in [0.1, 0.15) is 83.1 Å². The largest absolute Gasteiger partial charge is 0.375 e. The molecule has 1 aliphatic carbocycles. The molecule has 2 heterocycles. The second kappa shape index (κ2) is 8.41. The van der Waals surface area contributed by atoms with Gasteiger partial charge in [0, 0.05) is 55.0 Å². The summed E-state index contributed by atoms with van der Waals surface area (Å²) < 4.78 is 11.8. The first-order valence-corrected chi connectivity index (χ1v) is 11.7. The third kappa shape index (κ3) is 7.79. The maximum Gasteiger partial charge on any atom is 0.0671 e. The Bertz CT molecular complexity index is 512. The third-order valence-corrected chi connectivity index (χ3v) is 6.21. The number of ether oxygens (including phenoxy) is 2. The van der Waals surface area contributed by atoms with Crippen molar-refractivity contribution < 1.29 is 9.47 Å². The number of fused-ring (bicyclic) bond motifs is 1. The molecule has 2 unspecified atom stereocenters. The predicted octanol–water partition coefficient (Wildman–Crippen LogP) is 5.06. The molecule has 0 aromatic rings. The van der Waals surface area contributed by atoms with Gasteiger partial charge in [-0.05, 0) is 83.1 Å². The molecule has 4 nitrogen and oxygen atoms in total. The molecule has 0 spiro atoms. The second-order valence-electron chi connectivity index (χ2n) is 13.5. The molecule has 0 radical (unpaired) electrons. The molecule has 2 aliphatic heterocycles. The van der Waals surface area contributed by atoms with Crippen LogP contribution in [-0.4, -0.2) is 71.0 Å². The van der Waals surface area contributed by atoms with Crippen LogP contribution in [0, 0.1) is 17.8 Å². The molecule has 29 heavy (non-hydrogen) atoms. The van der Waals surface area contributed by atoms with Crippen molar-refractivity contribution in [2.24, 2.45) is 17.8 Å². The van der Waals surface area contributed by atoms with Crippen molar-refractivity contribution >= 4 is 0 Å². The number of hydrogen-bond acceptors (Lipinski definition) is 4. The fourth-order valence-electron chi connectivity index (χ4n) is 4.19. The summed E-state index contributed by atoms with van der Waals surface area (Å²) in [6.07, 6.45) is 0.545. The smallest absolute Gasteiger partial charge is 0.0671 e. The number of hydrogen-bond donors (Lipinski definition) is 0. The Morgan fingerprint density at radius 3 is 1.38 bits per heavy atom. The van der Waals surface area contributed by atoms with Gasteiger partial charge in [-0.1, -0.05) is 0 Å². The van der Waals surface area contributed by atoms with Crippen LogP contribution >= 0.6 is 0 Å². The Morgan fingerprint density at radius 1 is 0.621 bits per heavy atom. The Kier molecular flexibility index (Phi) is 7.28. The van der Waals surface area contributed by atoms with E-state index in [0.29, 0.717) is 17.2 Å². The van der Waals surface area contributed by atoms with E-state index < -0.39 is 0 Å². The van der Waals surface area contributed by atoms with Crippen LogP contribution in [0.2, 0.25) is 0 Å². The average molecular weight is 411 g/mol. The molecular formula is C25H50N2O2. The van der Waals surface area contributed by atoms with Crippen molar-refractivity contribution in [1.29, 1.82) is 0 Å². The van der Waals surface area contributed by atoms with Gasteiger partial charge < -0.3 is 9.47 Å². The van der Waals surface area contributed by atoms with Crippen LogP contribution in [0.4, 0.5) is 0 Å². The Hall–Kier alpha value is -0.160. The highest BCUT2D eigenvalue weighted by Gasteiger charge is 2.59. The molecule has 3 fully saturated rings. The van der Waals surface area contributed by atoms with E-state index in [4.69, 9.17) is 9.47 Å². The molecule has 1 saturated carbocycles. The van der Waals surface area contributed by atoms with E-state index in [1.165, 1.54) is 26.2 Å². The molecule has 0 N–H and O–H groups in total. The van der Waals surface area contributed by atoms with Crippen molar-refractivity contribution in [3.63, 3.8) is 0 Å². The quantitative estimate of drug-likeness (QED) is 0.649. The fourth-order valence-corrected chi connectivity index (χ4v) is 4.19. The van der Waals surface area contributed by atoms with Gasteiger partial charge in [0.05, 0.1) is 23.9 Å². The first-order valence-electron chi connectivity index (χ1n) is 11.7. The number of rotatable bonds is 3. The topological polar surface area (TPSA) is 24.9 Å². The zero-order chi connectivity index (χ0) is 22.4. The van der Waals surface area contributed by atoms with Crippen LogP contribution in [0.3, 0.4) is 0 Å². The highest BCUT2D eigenvalue weighted by molar-refractivity contribution is 5.09. The summed E-state index contributed by atoms with van der Waals surface area (Å²) in [5.41, 5.74) is 0.710. The third-order valence-electron chi connectivity index (χ3n) is 6.21. The fraction of sp³-hybridized carbons (Fsp3) is 1.00. The van der Waals surface area contributed by atoms with Crippen molar-refractivity contribution in [3.05, 3.63) is 0 Å². The van der Waals surface area contributed by atoms with Gasteiger partial charge in [0.2, 0.25) is 0 Å². The molecule has 172 valence electrons. The van der Waals surface area contributed by atoms with Gasteiger partial charge in [0.25, 0.3) is 0 Å². The van der Waals surface area contributed by atoms with Gasteiger partial charge in [0.15, 0.2) is 0 Å². The van der Waals surface area contributed by atoms with Crippen LogP contribution in [-0.2, 0) is 9.47 Å². The summed E-state index contributed by atoms with van der Waals surface area (Å²) in [5, 5.41) is 0. The van der Waals surface area contributed by atoms with Gasteiger partial charge in [-0.15, -0.1) is 0 Å². The zero-order valence-electron chi connectivity index (χ0n) is 21.6. The Morgan fingerprint density at radius 2 is 1.03 bits per heavy atom. The molecule has 3 aliphatic rings. The van der Waals surface area contributed by atoms with E-state index in [9.17, 15) is 0 Å². The van der Waals surface area contributed by atoms with E-state index >= 15 is 0 Å². The van der Waals surface area contributed by atoms with Gasteiger partial charge in [-0.2, -0.15) is 0 Å². The van der Waals surface area contributed by atoms with Crippen LogP contribution in [0.5, 0.6) is 0 Å². The molecule has 3 rings (SSSR count). The Balaban J connectivity index is 0.000000208. The molecule has 0 aromatic heterocycles. The van der Waals surface area contributed by atoms with Gasteiger partial charge in [-0.25, -0.2) is 0 Å². The summed E-state index contributed by atoms with van der Waals surface area (Å²) in [5.74, 6) is 2.36. The van der Waals surface area contributed by atoms with E-state index in [-0.39, 0.29) is 11.2 Å². The number of nitrogens with zero attached hydrogens (tertiary/aromatic N) is 2. The average Bonchev–Trinajstić information content (AvgIpc) is 2.87. The van der Waals surface area contributed by atoms with Gasteiger partial charge >= 0.3 is 0 Å². The highest BCUT2D eigenvalue weighted by atomic mass is 16.5. The summed E-state index contributed by atoms with van der Waals surface area (Å²) in [6, 6.07) is 0. The van der Waals surface area contributed by atoms with Crippen LogP contribution in [0.25, 0.3) is 0 Å². The predicted molar refractivity (Wildman–Crippen MR) is 123 cm³/mol. The normalized spacial score (nSPS) is 29.2. The van der Waals surface area contributed by atoms with Crippen molar-refractivity contribution in [2.75, 3.05) is 32.8 Å². The van der Waals surface area contributed by atoms with E-state index in [1.807, 2.05) is 0 Å². The van der Waals surface area contributed by atoms with Crippen molar-refractivity contribution in [1.82, 2.24) is 9.80 Å². The van der Waals surface area contributed by atoms with Gasteiger partial charge in [0.1, 0.15) is 0 Å². The molecule has 4 heteroatoms. The van der Waals surface area contributed by atoms with Crippen LogP contribution in [0.15, 0.2) is 0 Å². The minimum Gasteiger partial charge on any atom is -0.375 e. The molecule has 0 amide bonds. The first kappa shape index (κ1) is 25.1. The van der Waals surface area contributed by atoms with Crippen LogP contribution < -0.4 is 0 Å². The second-order valence-corrected chi connectivity index (χ2v) is 13.5.